The predicted octanol–water partition coefficient (Wildman–Crippen LogP) is 1.64. The van der Waals surface area contributed by atoms with Gasteiger partial charge in [-0.15, -0.1) is 5.10 Å². The van der Waals surface area contributed by atoms with E-state index >= 15 is 0 Å². The van der Waals surface area contributed by atoms with Crippen LogP contribution >= 0.6 is 15.9 Å². The first-order chi connectivity index (χ1) is 9.62. The van der Waals surface area contributed by atoms with E-state index in [4.69, 9.17) is 10.9 Å². The number of aromatic nitrogens is 4. The van der Waals surface area contributed by atoms with Gasteiger partial charge in [0.1, 0.15) is 0 Å². The molecular formula is C12H15BrN6O. The topological polar surface area (TPSA) is 102 Å². The SMILES string of the molecule is CCc1nnc(-n2cc(Br)cn2)c(/C(N)=N/O)c1CC. The second-order valence-corrected chi connectivity index (χ2v) is 5.03. The van der Waals surface area contributed by atoms with Crippen molar-refractivity contribution in [2.24, 2.45) is 10.9 Å². The summed E-state index contributed by atoms with van der Waals surface area (Å²) in [5.41, 5.74) is 8.14. The van der Waals surface area contributed by atoms with Gasteiger partial charge < -0.3 is 10.9 Å². The molecule has 0 saturated heterocycles. The first kappa shape index (κ1) is 14.4. The molecule has 0 amide bonds. The summed E-state index contributed by atoms with van der Waals surface area (Å²) < 4.78 is 2.35. The van der Waals surface area contributed by atoms with Crippen LogP contribution in [0.5, 0.6) is 0 Å². The van der Waals surface area contributed by atoms with E-state index in [0.717, 1.165) is 22.2 Å². The van der Waals surface area contributed by atoms with Gasteiger partial charge in [0.25, 0.3) is 0 Å². The molecular weight excluding hydrogens is 324 g/mol. The Morgan fingerprint density at radius 1 is 1.40 bits per heavy atom. The number of nitrogens with two attached hydrogens (primary N) is 1. The van der Waals surface area contributed by atoms with E-state index in [2.05, 4.69) is 36.4 Å². The number of hydrogen-bond acceptors (Lipinski definition) is 5. The summed E-state index contributed by atoms with van der Waals surface area (Å²) in [5.74, 6) is 0.452. The van der Waals surface area contributed by atoms with Crippen molar-refractivity contribution in [1.29, 1.82) is 0 Å². The second kappa shape index (κ2) is 6.00. The van der Waals surface area contributed by atoms with Crippen LogP contribution in [0.4, 0.5) is 0 Å². The van der Waals surface area contributed by atoms with Crippen molar-refractivity contribution in [3.8, 4) is 5.82 Å². The van der Waals surface area contributed by atoms with E-state index in [0.29, 0.717) is 17.8 Å². The van der Waals surface area contributed by atoms with E-state index < -0.39 is 0 Å². The molecule has 0 fully saturated rings. The fourth-order valence-electron chi connectivity index (χ4n) is 2.06. The zero-order valence-electron chi connectivity index (χ0n) is 11.2. The highest BCUT2D eigenvalue weighted by Gasteiger charge is 2.19. The fourth-order valence-corrected chi connectivity index (χ4v) is 2.34. The van der Waals surface area contributed by atoms with Gasteiger partial charge in [-0.25, -0.2) is 4.68 Å². The third-order valence-corrected chi connectivity index (χ3v) is 3.37. The van der Waals surface area contributed by atoms with Gasteiger partial charge in [0, 0.05) is 6.20 Å². The van der Waals surface area contributed by atoms with E-state index in [9.17, 15) is 0 Å². The van der Waals surface area contributed by atoms with E-state index in [1.807, 2.05) is 13.8 Å². The largest absolute Gasteiger partial charge is 0.409 e. The number of oxime groups is 1. The van der Waals surface area contributed by atoms with Gasteiger partial charge >= 0.3 is 0 Å². The summed E-state index contributed by atoms with van der Waals surface area (Å²) in [5, 5.41) is 24.7. The maximum absolute atomic E-state index is 9.02. The third-order valence-electron chi connectivity index (χ3n) is 2.96. The molecule has 2 rings (SSSR count). The summed E-state index contributed by atoms with van der Waals surface area (Å²) in [6.07, 6.45) is 4.81. The van der Waals surface area contributed by atoms with Crippen LogP contribution in [0.1, 0.15) is 30.7 Å². The molecule has 0 unspecified atom stereocenters. The number of hydrogen-bond donors (Lipinski definition) is 2. The lowest BCUT2D eigenvalue weighted by atomic mass is 10.0. The molecule has 3 N–H and O–H groups in total. The summed E-state index contributed by atoms with van der Waals surface area (Å²) in [6, 6.07) is 0. The summed E-state index contributed by atoms with van der Waals surface area (Å²) in [6.45, 7) is 3.98. The average Bonchev–Trinajstić information content (AvgIpc) is 2.91. The van der Waals surface area contributed by atoms with Crippen LogP contribution in [0.15, 0.2) is 22.0 Å². The molecule has 8 heteroatoms. The number of rotatable bonds is 4. The molecule has 0 atom stereocenters. The van der Waals surface area contributed by atoms with Crippen molar-refractivity contribution in [1.82, 2.24) is 20.0 Å². The van der Waals surface area contributed by atoms with Gasteiger partial charge in [0.05, 0.1) is 21.9 Å². The van der Waals surface area contributed by atoms with Crippen LogP contribution in [0.2, 0.25) is 0 Å². The minimum Gasteiger partial charge on any atom is -0.409 e. The van der Waals surface area contributed by atoms with Crippen molar-refractivity contribution >= 4 is 21.8 Å². The Kier molecular flexibility index (Phi) is 4.33. The highest BCUT2D eigenvalue weighted by molar-refractivity contribution is 9.10. The molecule has 20 heavy (non-hydrogen) atoms. The Labute approximate surface area is 124 Å². The average molecular weight is 339 g/mol. The normalized spacial score (nSPS) is 11.8. The van der Waals surface area contributed by atoms with Gasteiger partial charge in [-0.05, 0) is 34.3 Å². The van der Waals surface area contributed by atoms with Crippen molar-refractivity contribution in [3.05, 3.63) is 33.7 Å². The van der Waals surface area contributed by atoms with Crippen LogP contribution in [0, 0.1) is 0 Å². The Hall–Kier alpha value is -1.96. The molecule has 0 saturated carbocycles. The first-order valence-corrected chi connectivity index (χ1v) is 6.98. The first-order valence-electron chi connectivity index (χ1n) is 6.19. The number of halogens is 1. The lowest BCUT2D eigenvalue weighted by Crippen LogP contribution is -2.22. The molecule has 0 aliphatic carbocycles. The van der Waals surface area contributed by atoms with Crippen molar-refractivity contribution in [2.75, 3.05) is 0 Å². The monoisotopic (exact) mass is 338 g/mol. The number of nitrogens with zero attached hydrogens (tertiary/aromatic N) is 5. The lowest BCUT2D eigenvalue weighted by molar-refractivity contribution is 0.318. The number of aryl methyl sites for hydroxylation is 1. The quantitative estimate of drug-likeness (QED) is 0.382. The summed E-state index contributed by atoms with van der Waals surface area (Å²) in [4.78, 5) is 0. The third kappa shape index (κ3) is 2.51. The smallest absolute Gasteiger partial charge is 0.187 e. The Balaban J connectivity index is 2.74. The molecule has 0 aliphatic rings. The molecule has 0 bridgehead atoms. The predicted molar refractivity (Wildman–Crippen MR) is 78.1 cm³/mol. The fraction of sp³-hybridized carbons (Fsp3) is 0.333. The van der Waals surface area contributed by atoms with E-state index in [-0.39, 0.29) is 5.84 Å². The molecule has 0 radical (unpaired) electrons. The molecule has 0 aromatic carbocycles. The highest BCUT2D eigenvalue weighted by atomic mass is 79.9. The maximum atomic E-state index is 9.02. The summed E-state index contributed by atoms with van der Waals surface area (Å²) in [7, 11) is 0. The molecule has 106 valence electrons. The minimum absolute atomic E-state index is 0.00747. The van der Waals surface area contributed by atoms with E-state index in [1.165, 1.54) is 0 Å². The second-order valence-electron chi connectivity index (χ2n) is 4.12. The minimum atomic E-state index is 0.00747. The van der Waals surface area contributed by atoms with Crippen molar-refractivity contribution < 1.29 is 5.21 Å². The van der Waals surface area contributed by atoms with Gasteiger partial charge in [-0.2, -0.15) is 10.2 Å². The maximum Gasteiger partial charge on any atom is 0.187 e. The van der Waals surface area contributed by atoms with Crippen molar-refractivity contribution in [2.45, 2.75) is 26.7 Å². The lowest BCUT2D eigenvalue weighted by Gasteiger charge is -2.14. The molecule has 7 nitrogen and oxygen atoms in total. The highest BCUT2D eigenvalue weighted by Crippen LogP contribution is 2.21. The zero-order chi connectivity index (χ0) is 14.7. The van der Waals surface area contributed by atoms with Crippen LogP contribution in [0.25, 0.3) is 5.82 Å². The number of amidine groups is 1. The molecule has 2 heterocycles. The zero-order valence-corrected chi connectivity index (χ0v) is 12.8. The van der Waals surface area contributed by atoms with Crippen molar-refractivity contribution in [3.63, 3.8) is 0 Å². The van der Waals surface area contributed by atoms with Crippen LogP contribution in [-0.4, -0.2) is 31.0 Å². The van der Waals surface area contributed by atoms with Gasteiger partial charge in [-0.1, -0.05) is 19.0 Å². The molecule has 0 spiro atoms. The van der Waals surface area contributed by atoms with E-state index in [1.54, 1.807) is 17.1 Å². The van der Waals surface area contributed by atoms with Crippen LogP contribution in [0.3, 0.4) is 0 Å². The molecule has 2 aromatic heterocycles. The van der Waals surface area contributed by atoms with Crippen LogP contribution in [-0.2, 0) is 12.8 Å². The van der Waals surface area contributed by atoms with Crippen LogP contribution < -0.4 is 5.73 Å². The summed E-state index contributed by atoms with van der Waals surface area (Å²) >= 11 is 3.33. The Morgan fingerprint density at radius 3 is 2.65 bits per heavy atom. The van der Waals surface area contributed by atoms with Gasteiger partial charge in [0.15, 0.2) is 11.7 Å². The Bertz CT molecular complexity index is 651. The van der Waals surface area contributed by atoms with Gasteiger partial charge in [0.2, 0.25) is 0 Å². The molecule has 2 aromatic rings. The standard InChI is InChI=1S/C12H15BrN6O/c1-3-8-9(4-2)16-17-12(10(8)11(14)18-20)19-6-7(13)5-15-19/h5-6,20H,3-4H2,1-2H3,(H2,14,18). The molecule has 0 aliphatic heterocycles. The Morgan fingerprint density at radius 2 is 2.15 bits per heavy atom. The van der Waals surface area contributed by atoms with Gasteiger partial charge in [-0.3, -0.25) is 0 Å².